The molecule has 0 radical (unpaired) electrons. The second-order valence-corrected chi connectivity index (χ2v) is 5.21. The minimum atomic E-state index is -0.971. The van der Waals surface area contributed by atoms with Crippen LogP contribution in [-0.4, -0.2) is 28.4 Å². The molecule has 0 aliphatic heterocycles. The van der Waals surface area contributed by atoms with Crippen LogP contribution in [0.5, 0.6) is 0 Å². The van der Waals surface area contributed by atoms with Crippen LogP contribution in [0.1, 0.15) is 17.5 Å². The summed E-state index contributed by atoms with van der Waals surface area (Å²) in [5, 5.41) is 8.85. The first-order valence-corrected chi connectivity index (χ1v) is 7.33. The fourth-order valence-electron chi connectivity index (χ4n) is 2.24. The molecule has 5 heteroatoms. The van der Waals surface area contributed by atoms with Gasteiger partial charge in [-0.05, 0) is 17.2 Å². The Labute approximate surface area is 134 Å². The van der Waals surface area contributed by atoms with Gasteiger partial charge in [-0.15, -0.1) is 0 Å². The Bertz CT molecular complexity index is 673. The quantitative estimate of drug-likeness (QED) is 0.855. The third-order valence-electron chi connectivity index (χ3n) is 3.46. The predicted molar refractivity (Wildman–Crippen MR) is 84.2 cm³/mol. The van der Waals surface area contributed by atoms with E-state index in [1.54, 1.807) is 18.2 Å². The lowest BCUT2D eigenvalue weighted by molar-refractivity contribution is -0.138. The summed E-state index contributed by atoms with van der Waals surface area (Å²) < 4.78 is 13.7. The Morgan fingerprint density at radius 2 is 1.65 bits per heavy atom. The molecular formula is C18H18FNO3. The molecule has 23 heavy (non-hydrogen) atoms. The monoisotopic (exact) mass is 315 g/mol. The SMILES string of the molecule is O=C(O)CCN(Cc1ccccc1)C(=O)Cc1ccccc1F. The van der Waals surface area contributed by atoms with Crippen molar-refractivity contribution in [2.24, 2.45) is 0 Å². The Balaban J connectivity index is 2.10. The molecule has 2 rings (SSSR count). The third kappa shape index (κ3) is 5.21. The van der Waals surface area contributed by atoms with Gasteiger partial charge in [0.25, 0.3) is 0 Å². The molecule has 0 bridgehead atoms. The van der Waals surface area contributed by atoms with Crippen molar-refractivity contribution in [3.63, 3.8) is 0 Å². The molecule has 0 spiro atoms. The average Bonchev–Trinajstić information content (AvgIpc) is 2.54. The van der Waals surface area contributed by atoms with Crippen LogP contribution in [-0.2, 0) is 22.6 Å². The van der Waals surface area contributed by atoms with Gasteiger partial charge in [0.1, 0.15) is 5.82 Å². The molecule has 1 amide bonds. The molecule has 2 aromatic carbocycles. The molecule has 2 aromatic rings. The number of amides is 1. The lowest BCUT2D eigenvalue weighted by Crippen LogP contribution is -2.34. The van der Waals surface area contributed by atoms with Gasteiger partial charge in [0.05, 0.1) is 12.8 Å². The molecule has 0 aliphatic rings. The van der Waals surface area contributed by atoms with E-state index in [2.05, 4.69) is 0 Å². The van der Waals surface area contributed by atoms with Crippen molar-refractivity contribution < 1.29 is 19.1 Å². The highest BCUT2D eigenvalue weighted by molar-refractivity contribution is 5.79. The third-order valence-corrected chi connectivity index (χ3v) is 3.46. The molecule has 0 atom stereocenters. The molecule has 1 N–H and O–H groups in total. The molecule has 4 nitrogen and oxygen atoms in total. The first kappa shape index (κ1) is 16.7. The topological polar surface area (TPSA) is 57.6 Å². The highest BCUT2D eigenvalue weighted by atomic mass is 19.1. The van der Waals surface area contributed by atoms with Crippen LogP contribution < -0.4 is 0 Å². The fourth-order valence-corrected chi connectivity index (χ4v) is 2.24. The summed E-state index contributed by atoms with van der Waals surface area (Å²) in [6.45, 7) is 0.402. The Hall–Kier alpha value is -2.69. The van der Waals surface area contributed by atoms with Crippen molar-refractivity contribution in [2.75, 3.05) is 6.54 Å². The first-order valence-electron chi connectivity index (χ1n) is 7.33. The summed E-state index contributed by atoms with van der Waals surface area (Å²) in [5.74, 6) is -1.69. The van der Waals surface area contributed by atoms with E-state index in [0.717, 1.165) is 5.56 Å². The molecule has 0 aliphatic carbocycles. The molecule has 0 aromatic heterocycles. The summed E-state index contributed by atoms with van der Waals surface area (Å²) in [6.07, 6.45) is -0.227. The summed E-state index contributed by atoms with van der Waals surface area (Å²) in [7, 11) is 0. The summed E-state index contributed by atoms with van der Waals surface area (Å²) in [6, 6.07) is 15.4. The Morgan fingerprint density at radius 1 is 1.00 bits per heavy atom. The molecule has 0 unspecified atom stereocenters. The van der Waals surface area contributed by atoms with Crippen LogP contribution in [0.25, 0.3) is 0 Å². The van der Waals surface area contributed by atoms with Gasteiger partial charge in [-0.3, -0.25) is 9.59 Å². The normalized spacial score (nSPS) is 10.3. The van der Waals surface area contributed by atoms with Crippen LogP contribution in [0.4, 0.5) is 4.39 Å². The van der Waals surface area contributed by atoms with Gasteiger partial charge in [-0.25, -0.2) is 4.39 Å². The van der Waals surface area contributed by atoms with Gasteiger partial charge in [-0.1, -0.05) is 48.5 Å². The zero-order valence-electron chi connectivity index (χ0n) is 12.6. The van der Waals surface area contributed by atoms with Gasteiger partial charge in [-0.2, -0.15) is 0 Å². The maximum absolute atomic E-state index is 13.7. The lowest BCUT2D eigenvalue weighted by atomic mass is 10.1. The van der Waals surface area contributed by atoms with Gasteiger partial charge in [0.2, 0.25) is 5.91 Å². The maximum atomic E-state index is 13.7. The number of carbonyl (C=O) groups excluding carboxylic acids is 1. The fraction of sp³-hybridized carbons (Fsp3) is 0.222. The van der Waals surface area contributed by atoms with Crippen molar-refractivity contribution in [1.29, 1.82) is 0 Å². The van der Waals surface area contributed by atoms with Crippen molar-refractivity contribution in [3.8, 4) is 0 Å². The highest BCUT2D eigenvalue weighted by Crippen LogP contribution is 2.12. The molecule has 0 saturated carbocycles. The second kappa shape index (κ2) is 8.08. The maximum Gasteiger partial charge on any atom is 0.305 e. The standard InChI is InChI=1S/C18H18FNO3/c19-16-9-5-4-8-15(16)12-17(21)20(11-10-18(22)23)13-14-6-2-1-3-7-14/h1-9H,10-13H2,(H,22,23). The average molecular weight is 315 g/mol. The second-order valence-electron chi connectivity index (χ2n) is 5.21. The molecule has 0 saturated heterocycles. The van der Waals surface area contributed by atoms with Gasteiger partial charge in [0, 0.05) is 13.1 Å². The number of rotatable bonds is 7. The van der Waals surface area contributed by atoms with Crippen LogP contribution in [0.2, 0.25) is 0 Å². The minimum Gasteiger partial charge on any atom is -0.481 e. The van der Waals surface area contributed by atoms with E-state index >= 15 is 0 Å². The van der Waals surface area contributed by atoms with Gasteiger partial charge in [0.15, 0.2) is 0 Å². The number of halogens is 1. The van der Waals surface area contributed by atoms with Crippen molar-refractivity contribution in [2.45, 2.75) is 19.4 Å². The van der Waals surface area contributed by atoms with Crippen molar-refractivity contribution in [3.05, 3.63) is 71.5 Å². The van der Waals surface area contributed by atoms with E-state index in [9.17, 15) is 14.0 Å². The number of hydrogen-bond acceptors (Lipinski definition) is 2. The number of hydrogen-bond donors (Lipinski definition) is 1. The van der Waals surface area contributed by atoms with E-state index in [1.165, 1.54) is 11.0 Å². The first-order chi connectivity index (χ1) is 11.1. The van der Waals surface area contributed by atoms with Crippen molar-refractivity contribution >= 4 is 11.9 Å². The van der Waals surface area contributed by atoms with E-state index in [0.29, 0.717) is 12.1 Å². The molecule has 0 heterocycles. The van der Waals surface area contributed by atoms with Crippen LogP contribution >= 0.6 is 0 Å². The number of carboxylic acid groups (broad SMARTS) is 1. The predicted octanol–water partition coefficient (Wildman–Crippen LogP) is 2.87. The van der Waals surface area contributed by atoms with Crippen LogP contribution in [0.15, 0.2) is 54.6 Å². The molecule has 0 fully saturated rings. The molecule has 120 valence electrons. The van der Waals surface area contributed by atoms with E-state index < -0.39 is 11.8 Å². The summed E-state index contributed by atoms with van der Waals surface area (Å²) in [5.41, 5.74) is 1.21. The number of aliphatic carboxylic acids is 1. The number of benzene rings is 2. The largest absolute Gasteiger partial charge is 0.481 e. The van der Waals surface area contributed by atoms with Crippen LogP contribution in [0, 0.1) is 5.82 Å². The lowest BCUT2D eigenvalue weighted by Gasteiger charge is -2.22. The van der Waals surface area contributed by atoms with E-state index in [1.807, 2.05) is 30.3 Å². The smallest absolute Gasteiger partial charge is 0.305 e. The zero-order valence-corrected chi connectivity index (χ0v) is 12.6. The molecular weight excluding hydrogens is 297 g/mol. The Kier molecular flexibility index (Phi) is 5.86. The Morgan fingerprint density at radius 3 is 2.30 bits per heavy atom. The number of nitrogens with zero attached hydrogens (tertiary/aromatic N) is 1. The summed E-state index contributed by atoms with van der Waals surface area (Å²) >= 11 is 0. The van der Waals surface area contributed by atoms with Crippen LogP contribution in [0.3, 0.4) is 0 Å². The van der Waals surface area contributed by atoms with Gasteiger partial charge < -0.3 is 10.0 Å². The number of carboxylic acids is 1. The summed E-state index contributed by atoms with van der Waals surface area (Å²) in [4.78, 5) is 24.7. The number of carbonyl (C=O) groups is 2. The zero-order chi connectivity index (χ0) is 16.7. The van der Waals surface area contributed by atoms with Crippen molar-refractivity contribution in [1.82, 2.24) is 4.90 Å². The minimum absolute atomic E-state index is 0.0842. The van der Waals surface area contributed by atoms with E-state index in [-0.39, 0.29) is 25.3 Å². The highest BCUT2D eigenvalue weighted by Gasteiger charge is 2.17. The van der Waals surface area contributed by atoms with Gasteiger partial charge >= 0.3 is 5.97 Å². The van der Waals surface area contributed by atoms with E-state index in [4.69, 9.17) is 5.11 Å².